The summed E-state index contributed by atoms with van der Waals surface area (Å²) in [6.45, 7) is 2.02. The Labute approximate surface area is 117 Å². The molecule has 0 aliphatic heterocycles. The summed E-state index contributed by atoms with van der Waals surface area (Å²) in [6.07, 6.45) is 1.60. The van der Waals surface area contributed by atoms with Crippen LogP contribution < -0.4 is 10.5 Å². The summed E-state index contributed by atoms with van der Waals surface area (Å²) in [5.41, 5.74) is 6.91. The Hall–Kier alpha value is -1.94. The van der Waals surface area contributed by atoms with E-state index in [-0.39, 0.29) is 11.8 Å². The first-order chi connectivity index (χ1) is 9.60. The molecule has 106 valence electrons. The van der Waals surface area contributed by atoms with Gasteiger partial charge in [-0.05, 0) is 42.7 Å². The number of ether oxygens (including phenoxy) is 1. The highest BCUT2D eigenvalue weighted by Gasteiger charge is 2.10. The molecule has 0 radical (unpaired) electrons. The maximum absolute atomic E-state index is 13.5. The van der Waals surface area contributed by atoms with E-state index in [1.807, 2.05) is 19.1 Å². The van der Waals surface area contributed by atoms with Crippen molar-refractivity contribution in [1.29, 1.82) is 0 Å². The van der Waals surface area contributed by atoms with Gasteiger partial charge in [0.1, 0.15) is 5.75 Å². The van der Waals surface area contributed by atoms with Gasteiger partial charge in [-0.1, -0.05) is 25.1 Å². The smallest absolute Gasteiger partial charge is 0.201 e. The lowest BCUT2D eigenvalue weighted by Crippen LogP contribution is -2.21. The normalized spacial score (nSPS) is 12.2. The molecular formula is C16H17F2NO. The lowest BCUT2D eigenvalue weighted by molar-refractivity contribution is 0.415. The van der Waals surface area contributed by atoms with Crippen LogP contribution in [-0.4, -0.2) is 6.04 Å². The van der Waals surface area contributed by atoms with Gasteiger partial charge >= 0.3 is 0 Å². The van der Waals surface area contributed by atoms with Gasteiger partial charge in [0.25, 0.3) is 0 Å². The number of rotatable bonds is 5. The Balaban J connectivity index is 2.17. The highest BCUT2D eigenvalue weighted by molar-refractivity contribution is 5.35. The van der Waals surface area contributed by atoms with Gasteiger partial charge < -0.3 is 10.5 Å². The number of halogens is 2. The molecule has 0 aromatic heterocycles. The fraction of sp³-hybridized carbons (Fsp3) is 0.250. The molecule has 2 aromatic rings. The molecule has 2 nitrogen and oxygen atoms in total. The second-order valence-corrected chi connectivity index (χ2v) is 4.67. The number of hydrogen-bond acceptors (Lipinski definition) is 2. The van der Waals surface area contributed by atoms with E-state index in [2.05, 4.69) is 0 Å². The van der Waals surface area contributed by atoms with Crippen LogP contribution in [0, 0.1) is 11.6 Å². The molecule has 0 saturated heterocycles. The molecular weight excluding hydrogens is 260 g/mol. The zero-order valence-electron chi connectivity index (χ0n) is 11.3. The number of nitrogens with two attached hydrogens (primary N) is 1. The molecule has 0 bridgehead atoms. The Morgan fingerprint density at radius 3 is 2.65 bits per heavy atom. The van der Waals surface area contributed by atoms with Crippen LogP contribution in [-0.2, 0) is 6.42 Å². The molecule has 0 fully saturated rings. The Kier molecular flexibility index (Phi) is 4.69. The molecule has 0 heterocycles. The SMILES string of the molecule is CCC(N)Cc1cccc(Oc2cccc(F)c2F)c1. The van der Waals surface area contributed by atoms with E-state index >= 15 is 0 Å². The fourth-order valence-electron chi connectivity index (χ4n) is 1.87. The largest absolute Gasteiger partial charge is 0.454 e. The van der Waals surface area contributed by atoms with Crippen molar-refractivity contribution in [3.8, 4) is 11.5 Å². The first-order valence-electron chi connectivity index (χ1n) is 6.56. The van der Waals surface area contributed by atoms with Gasteiger partial charge in [-0.3, -0.25) is 0 Å². The highest BCUT2D eigenvalue weighted by atomic mass is 19.2. The second-order valence-electron chi connectivity index (χ2n) is 4.67. The molecule has 0 saturated carbocycles. The summed E-state index contributed by atoms with van der Waals surface area (Å²) in [6, 6.07) is 11.2. The van der Waals surface area contributed by atoms with Crippen molar-refractivity contribution in [2.75, 3.05) is 0 Å². The minimum Gasteiger partial charge on any atom is -0.454 e. The van der Waals surface area contributed by atoms with Gasteiger partial charge in [0.15, 0.2) is 11.6 Å². The quantitative estimate of drug-likeness (QED) is 0.895. The van der Waals surface area contributed by atoms with Gasteiger partial charge in [-0.25, -0.2) is 4.39 Å². The third kappa shape index (κ3) is 3.54. The van der Waals surface area contributed by atoms with Crippen LogP contribution in [0.5, 0.6) is 11.5 Å². The minimum absolute atomic E-state index is 0.0798. The topological polar surface area (TPSA) is 35.2 Å². The Morgan fingerprint density at radius 1 is 1.15 bits per heavy atom. The van der Waals surface area contributed by atoms with Crippen LogP contribution in [0.15, 0.2) is 42.5 Å². The van der Waals surface area contributed by atoms with E-state index < -0.39 is 11.6 Å². The van der Waals surface area contributed by atoms with Crippen molar-refractivity contribution in [2.45, 2.75) is 25.8 Å². The molecule has 2 N–H and O–H groups in total. The third-order valence-electron chi connectivity index (χ3n) is 3.06. The second kappa shape index (κ2) is 6.48. The zero-order chi connectivity index (χ0) is 14.5. The van der Waals surface area contributed by atoms with E-state index in [1.165, 1.54) is 12.1 Å². The molecule has 0 aliphatic rings. The first-order valence-corrected chi connectivity index (χ1v) is 6.56. The average molecular weight is 277 g/mol. The van der Waals surface area contributed by atoms with Crippen LogP contribution in [0.3, 0.4) is 0 Å². The first kappa shape index (κ1) is 14.5. The lowest BCUT2D eigenvalue weighted by atomic mass is 10.0. The van der Waals surface area contributed by atoms with Crippen LogP contribution in [0.25, 0.3) is 0 Å². The number of benzene rings is 2. The molecule has 4 heteroatoms. The van der Waals surface area contributed by atoms with Crippen molar-refractivity contribution >= 4 is 0 Å². The highest BCUT2D eigenvalue weighted by Crippen LogP contribution is 2.26. The summed E-state index contributed by atoms with van der Waals surface area (Å²) in [5, 5.41) is 0. The molecule has 2 aromatic carbocycles. The predicted molar refractivity (Wildman–Crippen MR) is 74.8 cm³/mol. The molecule has 0 aliphatic carbocycles. The van der Waals surface area contributed by atoms with Gasteiger partial charge in [-0.15, -0.1) is 0 Å². The third-order valence-corrected chi connectivity index (χ3v) is 3.06. The van der Waals surface area contributed by atoms with Crippen LogP contribution in [0.1, 0.15) is 18.9 Å². The molecule has 1 unspecified atom stereocenters. The fourth-order valence-corrected chi connectivity index (χ4v) is 1.87. The van der Waals surface area contributed by atoms with E-state index in [1.54, 1.807) is 12.1 Å². The molecule has 1 atom stereocenters. The van der Waals surface area contributed by atoms with E-state index in [4.69, 9.17) is 10.5 Å². The van der Waals surface area contributed by atoms with Gasteiger partial charge in [0.05, 0.1) is 0 Å². The summed E-state index contributed by atoms with van der Waals surface area (Å²) in [4.78, 5) is 0. The Bertz CT molecular complexity index is 586. The van der Waals surface area contributed by atoms with E-state index in [9.17, 15) is 8.78 Å². The van der Waals surface area contributed by atoms with Gasteiger partial charge in [0, 0.05) is 6.04 Å². The lowest BCUT2D eigenvalue weighted by Gasteiger charge is -2.11. The van der Waals surface area contributed by atoms with Gasteiger partial charge in [0.2, 0.25) is 5.82 Å². The van der Waals surface area contributed by atoms with Crippen molar-refractivity contribution in [2.24, 2.45) is 5.73 Å². The van der Waals surface area contributed by atoms with Crippen LogP contribution in [0.4, 0.5) is 8.78 Å². The molecule has 0 amide bonds. The summed E-state index contributed by atoms with van der Waals surface area (Å²) >= 11 is 0. The molecule has 20 heavy (non-hydrogen) atoms. The van der Waals surface area contributed by atoms with E-state index in [0.29, 0.717) is 5.75 Å². The monoisotopic (exact) mass is 277 g/mol. The number of hydrogen-bond donors (Lipinski definition) is 1. The van der Waals surface area contributed by atoms with Crippen molar-refractivity contribution in [1.82, 2.24) is 0 Å². The van der Waals surface area contributed by atoms with Crippen LogP contribution >= 0.6 is 0 Å². The Morgan fingerprint density at radius 2 is 1.90 bits per heavy atom. The van der Waals surface area contributed by atoms with Crippen molar-refractivity contribution in [3.05, 3.63) is 59.7 Å². The summed E-state index contributed by atoms with van der Waals surface area (Å²) in [7, 11) is 0. The average Bonchev–Trinajstić information content (AvgIpc) is 2.44. The summed E-state index contributed by atoms with van der Waals surface area (Å²) in [5.74, 6) is -1.56. The molecule has 0 spiro atoms. The van der Waals surface area contributed by atoms with Crippen molar-refractivity contribution < 1.29 is 13.5 Å². The summed E-state index contributed by atoms with van der Waals surface area (Å²) < 4.78 is 32.0. The van der Waals surface area contributed by atoms with E-state index in [0.717, 1.165) is 24.5 Å². The standard InChI is InChI=1S/C16H17F2NO/c1-2-12(19)9-11-5-3-6-13(10-11)20-15-8-4-7-14(17)16(15)18/h3-8,10,12H,2,9,19H2,1H3. The van der Waals surface area contributed by atoms with Crippen LogP contribution in [0.2, 0.25) is 0 Å². The maximum Gasteiger partial charge on any atom is 0.201 e. The zero-order valence-corrected chi connectivity index (χ0v) is 11.3. The van der Waals surface area contributed by atoms with Crippen molar-refractivity contribution in [3.63, 3.8) is 0 Å². The molecule has 2 rings (SSSR count). The maximum atomic E-state index is 13.5. The minimum atomic E-state index is -0.983. The predicted octanol–water partition coefficient (Wildman–Crippen LogP) is 4.04. The van der Waals surface area contributed by atoms with Gasteiger partial charge in [-0.2, -0.15) is 4.39 Å².